The van der Waals surface area contributed by atoms with E-state index in [0.29, 0.717) is 11.8 Å². The minimum atomic E-state index is 0.190. The Morgan fingerprint density at radius 1 is 1.17 bits per heavy atom. The number of amides is 1. The summed E-state index contributed by atoms with van der Waals surface area (Å²) in [7, 11) is 0. The van der Waals surface area contributed by atoms with Crippen LogP contribution < -0.4 is 0 Å². The molecule has 0 spiro atoms. The number of rotatable bonds is 3. The number of carbonyl (C=O) groups is 1. The fourth-order valence-corrected chi connectivity index (χ4v) is 5.45. The van der Waals surface area contributed by atoms with Gasteiger partial charge in [0.2, 0.25) is 5.91 Å². The van der Waals surface area contributed by atoms with Gasteiger partial charge in [0.1, 0.15) is 0 Å². The van der Waals surface area contributed by atoms with Crippen molar-refractivity contribution in [2.45, 2.75) is 19.5 Å². The van der Waals surface area contributed by atoms with Crippen molar-refractivity contribution in [3.05, 3.63) is 57.2 Å². The molecule has 0 N–H and O–H groups in total. The molecule has 1 aromatic heterocycles. The second-order valence-corrected chi connectivity index (χ2v) is 8.65. The van der Waals surface area contributed by atoms with E-state index in [1.165, 1.54) is 10.4 Å². The molecule has 1 amide bonds. The Balaban J connectivity index is 1.54. The van der Waals surface area contributed by atoms with E-state index in [9.17, 15) is 4.79 Å². The van der Waals surface area contributed by atoms with Crippen molar-refractivity contribution in [3.8, 4) is 0 Å². The van der Waals surface area contributed by atoms with Crippen LogP contribution in [0.1, 0.15) is 23.4 Å². The van der Waals surface area contributed by atoms with Crippen LogP contribution in [0.2, 0.25) is 4.34 Å². The third-order valence-corrected chi connectivity index (χ3v) is 6.51. The highest BCUT2D eigenvalue weighted by molar-refractivity contribution is 7.16. The number of benzene rings is 1. The van der Waals surface area contributed by atoms with E-state index in [1.54, 1.807) is 18.3 Å². The summed E-state index contributed by atoms with van der Waals surface area (Å²) in [6.45, 7) is 5.65. The molecule has 24 heavy (non-hydrogen) atoms. The first kappa shape index (κ1) is 16.1. The molecule has 4 rings (SSSR count). The number of hydrogen-bond donors (Lipinski definition) is 0. The Bertz CT molecular complexity index is 732. The van der Waals surface area contributed by atoms with Gasteiger partial charge in [0.15, 0.2) is 0 Å². The summed E-state index contributed by atoms with van der Waals surface area (Å²) in [5.41, 5.74) is 1.27. The van der Waals surface area contributed by atoms with E-state index in [4.69, 9.17) is 11.6 Å². The van der Waals surface area contributed by atoms with Crippen LogP contribution in [-0.4, -0.2) is 35.3 Å². The molecule has 2 aliphatic heterocycles. The van der Waals surface area contributed by atoms with Crippen LogP contribution >= 0.6 is 22.9 Å². The minimum absolute atomic E-state index is 0.190. The summed E-state index contributed by atoms with van der Waals surface area (Å²) in [5, 5.41) is 0. The molecular formula is C19H21ClN2OS. The van der Waals surface area contributed by atoms with Gasteiger partial charge >= 0.3 is 0 Å². The molecule has 3 nitrogen and oxygen atoms in total. The Kier molecular flexibility index (Phi) is 4.37. The highest BCUT2D eigenvalue weighted by Crippen LogP contribution is 2.45. The van der Waals surface area contributed by atoms with Gasteiger partial charge in [-0.2, -0.15) is 0 Å². The van der Waals surface area contributed by atoms with Crippen LogP contribution in [0.5, 0.6) is 0 Å². The number of thiophene rings is 1. The molecule has 0 saturated carbocycles. The van der Waals surface area contributed by atoms with Gasteiger partial charge in [-0.05, 0) is 23.6 Å². The molecule has 2 aliphatic rings. The molecule has 2 saturated heterocycles. The van der Waals surface area contributed by atoms with Gasteiger partial charge in [-0.1, -0.05) is 41.9 Å². The molecule has 2 aromatic rings. The number of fused-ring (bicyclic) bond motifs is 1. The summed E-state index contributed by atoms with van der Waals surface area (Å²) in [6, 6.07) is 14.8. The quantitative estimate of drug-likeness (QED) is 0.824. The van der Waals surface area contributed by atoms with E-state index in [1.807, 2.05) is 12.1 Å². The third-order valence-electron chi connectivity index (χ3n) is 5.29. The van der Waals surface area contributed by atoms with Gasteiger partial charge in [-0.15, -0.1) is 11.3 Å². The molecule has 126 valence electrons. The number of likely N-dealkylation sites (tertiary alicyclic amines) is 2. The van der Waals surface area contributed by atoms with E-state index in [0.717, 1.165) is 30.5 Å². The summed E-state index contributed by atoms with van der Waals surface area (Å²) >= 11 is 7.72. The topological polar surface area (TPSA) is 23.6 Å². The van der Waals surface area contributed by atoms with E-state index in [-0.39, 0.29) is 11.9 Å². The molecule has 0 radical (unpaired) electrons. The fraction of sp³-hybridized carbons (Fsp3) is 0.421. The fourth-order valence-electron chi connectivity index (χ4n) is 4.32. The molecule has 2 fully saturated rings. The maximum absolute atomic E-state index is 12.1. The van der Waals surface area contributed by atoms with Crippen LogP contribution in [0.3, 0.4) is 0 Å². The predicted molar refractivity (Wildman–Crippen MR) is 98.2 cm³/mol. The smallest absolute Gasteiger partial charge is 0.219 e. The molecule has 0 bridgehead atoms. The monoisotopic (exact) mass is 360 g/mol. The van der Waals surface area contributed by atoms with Gasteiger partial charge in [-0.3, -0.25) is 9.69 Å². The van der Waals surface area contributed by atoms with Crippen LogP contribution in [0.4, 0.5) is 0 Å². The summed E-state index contributed by atoms with van der Waals surface area (Å²) < 4.78 is 0.856. The van der Waals surface area contributed by atoms with E-state index in [2.05, 4.69) is 40.1 Å². The molecule has 0 aliphatic carbocycles. The molecule has 5 heteroatoms. The predicted octanol–water partition coefficient (Wildman–Crippen LogP) is 4.05. The van der Waals surface area contributed by atoms with Crippen molar-refractivity contribution in [2.24, 2.45) is 11.8 Å². The summed E-state index contributed by atoms with van der Waals surface area (Å²) in [4.78, 5) is 18.0. The standard InChI is InChI=1S/C19H21ClN2OS/c1-13(23)22-10-15-9-21(11-16-7-8-18(20)24-16)12-17(15)19(22)14-5-3-2-4-6-14/h2-8,15,17,19H,9-12H2,1H3/t15-,17-,19+/m1/s1. The zero-order valence-corrected chi connectivity index (χ0v) is 15.3. The molecule has 1 aromatic carbocycles. The number of halogens is 1. The summed E-state index contributed by atoms with van der Waals surface area (Å²) in [5.74, 6) is 1.27. The SMILES string of the molecule is CC(=O)N1C[C@H]2CN(Cc3ccc(Cl)s3)C[C@H]2[C@@H]1c1ccccc1. The zero-order chi connectivity index (χ0) is 16.7. The third kappa shape index (κ3) is 2.99. The average molecular weight is 361 g/mol. The minimum Gasteiger partial charge on any atom is -0.335 e. The van der Waals surface area contributed by atoms with Crippen molar-refractivity contribution in [2.75, 3.05) is 19.6 Å². The Hall–Kier alpha value is -1.36. The summed E-state index contributed by atoms with van der Waals surface area (Å²) in [6.07, 6.45) is 0. The Morgan fingerprint density at radius 3 is 2.62 bits per heavy atom. The van der Waals surface area contributed by atoms with E-state index >= 15 is 0 Å². The van der Waals surface area contributed by atoms with Gasteiger partial charge in [0.25, 0.3) is 0 Å². The molecule has 3 atom stereocenters. The van der Waals surface area contributed by atoms with Gasteiger partial charge in [0.05, 0.1) is 10.4 Å². The average Bonchev–Trinajstić information content (AvgIpc) is 3.22. The lowest BCUT2D eigenvalue weighted by Crippen LogP contribution is -2.34. The second-order valence-electron chi connectivity index (χ2n) is 6.85. The number of nitrogens with zero attached hydrogens (tertiary/aromatic N) is 2. The first-order valence-electron chi connectivity index (χ1n) is 8.40. The Labute approximate surface area is 151 Å². The Morgan fingerprint density at radius 2 is 1.96 bits per heavy atom. The van der Waals surface area contributed by atoms with Crippen LogP contribution in [0.15, 0.2) is 42.5 Å². The highest BCUT2D eigenvalue weighted by atomic mass is 35.5. The maximum Gasteiger partial charge on any atom is 0.219 e. The lowest BCUT2D eigenvalue weighted by molar-refractivity contribution is -0.130. The molecule has 0 unspecified atom stereocenters. The van der Waals surface area contributed by atoms with Crippen LogP contribution in [0.25, 0.3) is 0 Å². The zero-order valence-electron chi connectivity index (χ0n) is 13.7. The van der Waals surface area contributed by atoms with Crippen LogP contribution in [-0.2, 0) is 11.3 Å². The lowest BCUT2D eigenvalue weighted by atomic mass is 9.89. The van der Waals surface area contributed by atoms with Crippen molar-refractivity contribution >= 4 is 28.8 Å². The van der Waals surface area contributed by atoms with Gasteiger partial charge < -0.3 is 4.90 Å². The maximum atomic E-state index is 12.1. The van der Waals surface area contributed by atoms with Crippen molar-refractivity contribution in [1.82, 2.24) is 9.80 Å². The largest absolute Gasteiger partial charge is 0.335 e. The number of hydrogen-bond acceptors (Lipinski definition) is 3. The first-order chi connectivity index (χ1) is 11.6. The van der Waals surface area contributed by atoms with Crippen LogP contribution in [0, 0.1) is 11.8 Å². The highest BCUT2D eigenvalue weighted by Gasteiger charge is 2.48. The van der Waals surface area contributed by atoms with Gasteiger partial charge in [0, 0.05) is 43.9 Å². The molecular weight excluding hydrogens is 340 g/mol. The normalized spacial score (nSPS) is 26.8. The second kappa shape index (κ2) is 6.51. The first-order valence-corrected chi connectivity index (χ1v) is 9.60. The van der Waals surface area contributed by atoms with Crippen molar-refractivity contribution in [3.63, 3.8) is 0 Å². The van der Waals surface area contributed by atoms with Crippen molar-refractivity contribution in [1.29, 1.82) is 0 Å². The van der Waals surface area contributed by atoms with E-state index < -0.39 is 0 Å². The lowest BCUT2D eigenvalue weighted by Gasteiger charge is -2.29. The number of carbonyl (C=O) groups excluding carboxylic acids is 1. The van der Waals surface area contributed by atoms with Gasteiger partial charge in [-0.25, -0.2) is 0 Å². The van der Waals surface area contributed by atoms with Crippen molar-refractivity contribution < 1.29 is 4.79 Å². The molecule has 3 heterocycles.